The number of aliphatic hydroxyl groups is 1. The molecule has 10 heteroatoms. The van der Waals surface area contributed by atoms with Crippen LogP contribution in [0.4, 0.5) is 5.95 Å². The van der Waals surface area contributed by atoms with Crippen LogP contribution in [-0.2, 0) is 6.54 Å². The molecule has 10 nitrogen and oxygen atoms in total. The standard InChI is InChI=1S/C20H23N9O/c21-15-3-4-16(9-15)24-20-22-11-18-19(25-20)29(27-26-18)17-5-1-13(2-6-17)14-10-23-28(12-14)7-8-30/h1-2,5-6,10-12,15-16,30H,3-4,7-9,21H2,(H,22,24,25)/t15-,16+/m0/s1. The molecule has 154 valence electrons. The number of rotatable bonds is 6. The molecule has 3 aromatic heterocycles. The van der Waals surface area contributed by atoms with Gasteiger partial charge in [0.05, 0.1) is 31.2 Å². The number of nitrogens with two attached hydrogens (primary N) is 1. The fourth-order valence-corrected chi connectivity index (χ4v) is 3.83. The van der Waals surface area contributed by atoms with Gasteiger partial charge in [-0.2, -0.15) is 14.8 Å². The Balaban J connectivity index is 1.40. The molecule has 4 aromatic rings. The largest absolute Gasteiger partial charge is 0.394 e. The predicted octanol–water partition coefficient (Wildman–Crippen LogP) is 1.36. The van der Waals surface area contributed by atoms with Crippen molar-refractivity contribution in [2.24, 2.45) is 5.73 Å². The summed E-state index contributed by atoms with van der Waals surface area (Å²) in [4.78, 5) is 9.01. The third-order valence-electron chi connectivity index (χ3n) is 5.41. The Morgan fingerprint density at radius 1 is 1.13 bits per heavy atom. The molecule has 3 heterocycles. The van der Waals surface area contributed by atoms with Crippen molar-refractivity contribution in [3.05, 3.63) is 42.9 Å². The van der Waals surface area contributed by atoms with Crippen LogP contribution in [0.2, 0.25) is 0 Å². The van der Waals surface area contributed by atoms with Gasteiger partial charge in [-0.1, -0.05) is 17.3 Å². The number of hydrogen-bond acceptors (Lipinski definition) is 8. The number of aromatic nitrogens is 7. The molecule has 0 unspecified atom stereocenters. The number of nitrogens with one attached hydrogen (secondary N) is 1. The minimum atomic E-state index is 0.0612. The summed E-state index contributed by atoms with van der Waals surface area (Å²) < 4.78 is 3.43. The van der Waals surface area contributed by atoms with Crippen molar-refractivity contribution in [2.75, 3.05) is 11.9 Å². The van der Waals surface area contributed by atoms with E-state index in [1.165, 1.54) is 0 Å². The summed E-state index contributed by atoms with van der Waals surface area (Å²) in [6, 6.07) is 8.49. The number of benzene rings is 1. The molecule has 1 aromatic carbocycles. The van der Waals surface area contributed by atoms with Crippen molar-refractivity contribution in [3.63, 3.8) is 0 Å². The molecule has 0 saturated heterocycles. The SMILES string of the molecule is N[C@H]1CC[C@@H](Nc2ncc3nnn(-c4ccc(-c5cnn(CCO)c5)cc4)c3n2)C1. The quantitative estimate of drug-likeness (QED) is 0.438. The fraction of sp³-hybridized carbons (Fsp3) is 0.350. The first-order valence-electron chi connectivity index (χ1n) is 10.0. The second kappa shape index (κ2) is 7.81. The van der Waals surface area contributed by atoms with Crippen LogP contribution in [0.1, 0.15) is 19.3 Å². The first kappa shape index (κ1) is 18.6. The second-order valence-electron chi connectivity index (χ2n) is 7.58. The van der Waals surface area contributed by atoms with Crippen LogP contribution in [-0.4, -0.2) is 58.5 Å². The maximum atomic E-state index is 9.04. The van der Waals surface area contributed by atoms with E-state index in [1.807, 2.05) is 30.5 Å². The van der Waals surface area contributed by atoms with E-state index in [2.05, 4.69) is 30.7 Å². The van der Waals surface area contributed by atoms with E-state index < -0.39 is 0 Å². The zero-order valence-electron chi connectivity index (χ0n) is 16.4. The van der Waals surface area contributed by atoms with Gasteiger partial charge in [-0.25, -0.2) is 4.98 Å². The van der Waals surface area contributed by atoms with Crippen molar-refractivity contribution >= 4 is 17.1 Å². The predicted molar refractivity (Wildman–Crippen MR) is 112 cm³/mol. The Hall–Kier alpha value is -3.37. The summed E-state index contributed by atoms with van der Waals surface area (Å²) >= 11 is 0. The molecule has 0 spiro atoms. The molecule has 0 bridgehead atoms. The number of fused-ring (bicyclic) bond motifs is 1. The van der Waals surface area contributed by atoms with Gasteiger partial charge in [0, 0.05) is 23.8 Å². The number of anilines is 1. The Bertz CT molecular complexity index is 1150. The third-order valence-corrected chi connectivity index (χ3v) is 5.41. The van der Waals surface area contributed by atoms with E-state index in [4.69, 9.17) is 10.8 Å². The van der Waals surface area contributed by atoms with Gasteiger partial charge in [-0.3, -0.25) is 4.68 Å². The summed E-state index contributed by atoms with van der Waals surface area (Å²) in [7, 11) is 0. The molecular weight excluding hydrogens is 382 g/mol. The lowest BCUT2D eigenvalue weighted by molar-refractivity contribution is 0.269. The van der Waals surface area contributed by atoms with Gasteiger partial charge in [-0.05, 0) is 37.0 Å². The zero-order valence-corrected chi connectivity index (χ0v) is 16.4. The molecule has 4 N–H and O–H groups in total. The van der Waals surface area contributed by atoms with Crippen LogP contribution < -0.4 is 11.1 Å². The average molecular weight is 405 g/mol. The van der Waals surface area contributed by atoms with Gasteiger partial charge in [0.1, 0.15) is 0 Å². The van der Waals surface area contributed by atoms with Crippen LogP contribution in [0.15, 0.2) is 42.9 Å². The van der Waals surface area contributed by atoms with Crippen molar-refractivity contribution < 1.29 is 5.11 Å². The van der Waals surface area contributed by atoms with Crippen LogP contribution in [0.25, 0.3) is 28.0 Å². The van der Waals surface area contributed by atoms with Crippen LogP contribution in [0, 0.1) is 0 Å². The van der Waals surface area contributed by atoms with E-state index >= 15 is 0 Å². The van der Waals surface area contributed by atoms with Crippen molar-refractivity contribution in [1.29, 1.82) is 0 Å². The molecule has 0 radical (unpaired) electrons. The first-order chi connectivity index (χ1) is 14.7. The minimum absolute atomic E-state index is 0.0612. The lowest BCUT2D eigenvalue weighted by atomic mass is 10.1. The maximum absolute atomic E-state index is 9.04. The monoisotopic (exact) mass is 405 g/mol. The van der Waals surface area contributed by atoms with Gasteiger partial charge in [0.25, 0.3) is 0 Å². The van der Waals surface area contributed by atoms with Crippen LogP contribution in [0.5, 0.6) is 0 Å². The molecule has 5 rings (SSSR count). The van der Waals surface area contributed by atoms with E-state index in [0.717, 1.165) is 36.1 Å². The topological polar surface area (TPSA) is 133 Å². The zero-order chi connectivity index (χ0) is 20.5. The van der Waals surface area contributed by atoms with Crippen molar-refractivity contribution in [1.82, 2.24) is 34.7 Å². The smallest absolute Gasteiger partial charge is 0.225 e. The Labute approximate surface area is 172 Å². The van der Waals surface area contributed by atoms with Gasteiger partial charge < -0.3 is 16.2 Å². The molecule has 1 aliphatic rings. The molecule has 1 fully saturated rings. The molecule has 0 amide bonds. The lowest BCUT2D eigenvalue weighted by Crippen LogP contribution is -2.21. The Morgan fingerprint density at radius 3 is 2.77 bits per heavy atom. The highest BCUT2D eigenvalue weighted by molar-refractivity contribution is 5.72. The first-order valence-corrected chi connectivity index (χ1v) is 10.0. The number of nitrogens with zero attached hydrogens (tertiary/aromatic N) is 7. The molecule has 2 atom stereocenters. The highest BCUT2D eigenvalue weighted by Crippen LogP contribution is 2.23. The number of hydrogen-bond donors (Lipinski definition) is 3. The van der Waals surface area contributed by atoms with Crippen LogP contribution >= 0.6 is 0 Å². The third kappa shape index (κ3) is 3.62. The second-order valence-corrected chi connectivity index (χ2v) is 7.58. The van der Waals surface area contributed by atoms with Crippen LogP contribution in [0.3, 0.4) is 0 Å². The molecule has 30 heavy (non-hydrogen) atoms. The summed E-state index contributed by atoms with van der Waals surface area (Å²) in [6.45, 7) is 0.539. The van der Waals surface area contributed by atoms with Gasteiger partial charge in [-0.15, -0.1) is 5.10 Å². The average Bonchev–Trinajstić information content (AvgIpc) is 3.49. The molecule has 1 aliphatic carbocycles. The molecule has 1 saturated carbocycles. The van der Waals surface area contributed by atoms with E-state index in [-0.39, 0.29) is 12.6 Å². The van der Waals surface area contributed by atoms with E-state index in [0.29, 0.717) is 29.7 Å². The van der Waals surface area contributed by atoms with Crippen molar-refractivity contribution in [2.45, 2.75) is 37.9 Å². The normalized spacial score (nSPS) is 18.9. The molecule has 0 aliphatic heterocycles. The Morgan fingerprint density at radius 2 is 2.00 bits per heavy atom. The highest BCUT2D eigenvalue weighted by atomic mass is 16.3. The summed E-state index contributed by atoms with van der Waals surface area (Å²) in [5.41, 5.74) is 10.2. The number of aliphatic hydroxyl groups excluding tert-OH is 1. The van der Waals surface area contributed by atoms with Gasteiger partial charge >= 0.3 is 0 Å². The fourth-order valence-electron chi connectivity index (χ4n) is 3.83. The van der Waals surface area contributed by atoms with E-state index in [9.17, 15) is 0 Å². The van der Waals surface area contributed by atoms with E-state index in [1.54, 1.807) is 21.8 Å². The summed E-state index contributed by atoms with van der Waals surface area (Å²) in [6.07, 6.45) is 8.36. The summed E-state index contributed by atoms with van der Waals surface area (Å²) in [5.74, 6) is 0.568. The summed E-state index contributed by atoms with van der Waals surface area (Å²) in [5, 5.41) is 25.1. The Kier molecular flexibility index (Phi) is 4.85. The minimum Gasteiger partial charge on any atom is -0.394 e. The van der Waals surface area contributed by atoms with Crippen molar-refractivity contribution in [3.8, 4) is 16.8 Å². The highest BCUT2D eigenvalue weighted by Gasteiger charge is 2.22. The van der Waals surface area contributed by atoms with Gasteiger partial charge in [0.2, 0.25) is 5.95 Å². The maximum Gasteiger partial charge on any atom is 0.225 e. The molecular formula is C20H23N9O. The lowest BCUT2D eigenvalue weighted by Gasteiger charge is -2.12. The van der Waals surface area contributed by atoms with Gasteiger partial charge in [0.15, 0.2) is 11.2 Å².